The normalized spacial score (nSPS) is 11.7. The fourth-order valence-corrected chi connectivity index (χ4v) is 2.37. The molecule has 0 saturated carbocycles. The van der Waals surface area contributed by atoms with Crippen molar-refractivity contribution in [2.45, 2.75) is 26.9 Å². The van der Waals surface area contributed by atoms with Crippen LogP contribution in [0.25, 0.3) is 0 Å². The minimum atomic E-state index is -0.653. The number of amides is 1. The van der Waals surface area contributed by atoms with Crippen molar-refractivity contribution in [3.05, 3.63) is 52.5 Å². The number of ether oxygens (including phenoxy) is 2. The molecule has 0 fully saturated rings. The Balaban J connectivity index is 2.10. The minimum absolute atomic E-state index is 0.247. The molecule has 23 heavy (non-hydrogen) atoms. The van der Waals surface area contributed by atoms with Crippen molar-refractivity contribution < 1.29 is 14.3 Å². The van der Waals surface area contributed by atoms with Gasteiger partial charge in [0.2, 0.25) is 0 Å². The molecule has 0 aliphatic carbocycles. The van der Waals surface area contributed by atoms with Crippen molar-refractivity contribution >= 4 is 23.2 Å². The molecule has 0 saturated heterocycles. The molecule has 4 nitrogen and oxygen atoms in total. The first-order valence-corrected chi connectivity index (χ1v) is 7.67. The molecule has 2 aromatic carbocycles. The van der Waals surface area contributed by atoms with Gasteiger partial charge < -0.3 is 14.8 Å². The summed E-state index contributed by atoms with van der Waals surface area (Å²) in [6, 6.07) is 10.9. The van der Waals surface area contributed by atoms with Gasteiger partial charge in [0, 0.05) is 5.02 Å². The lowest BCUT2D eigenvalue weighted by atomic mass is 10.2. The highest BCUT2D eigenvalue weighted by Gasteiger charge is 2.17. The predicted octanol–water partition coefficient (Wildman–Crippen LogP) is 4.37. The van der Waals surface area contributed by atoms with Gasteiger partial charge in [-0.05, 0) is 62.2 Å². The van der Waals surface area contributed by atoms with Crippen molar-refractivity contribution in [2.75, 3.05) is 12.4 Å². The van der Waals surface area contributed by atoms with Crippen LogP contribution in [0.5, 0.6) is 11.5 Å². The number of anilines is 1. The zero-order valence-corrected chi connectivity index (χ0v) is 14.4. The Kier molecular flexibility index (Phi) is 5.50. The smallest absolute Gasteiger partial charge is 0.265 e. The molecule has 2 aromatic rings. The summed E-state index contributed by atoms with van der Waals surface area (Å²) in [6.45, 7) is 5.53. The van der Waals surface area contributed by atoms with Gasteiger partial charge in [-0.3, -0.25) is 4.79 Å². The standard InChI is InChI=1S/C18H20ClNO3/c1-11-5-7-17(22-4)15(9-11)20-18(21)13(3)23-16-8-6-14(19)10-12(16)2/h5-10,13H,1-4H3,(H,20,21)/t13-/m0/s1. The molecule has 1 N–H and O–H groups in total. The lowest BCUT2D eigenvalue weighted by molar-refractivity contribution is -0.122. The van der Waals surface area contributed by atoms with E-state index in [1.54, 1.807) is 32.2 Å². The number of rotatable bonds is 5. The molecular weight excluding hydrogens is 314 g/mol. The predicted molar refractivity (Wildman–Crippen MR) is 92.6 cm³/mol. The van der Waals surface area contributed by atoms with Crippen molar-refractivity contribution in [3.63, 3.8) is 0 Å². The molecule has 0 spiro atoms. The lowest BCUT2D eigenvalue weighted by Gasteiger charge is -2.17. The van der Waals surface area contributed by atoms with Crippen LogP contribution < -0.4 is 14.8 Å². The molecule has 0 heterocycles. The first-order valence-electron chi connectivity index (χ1n) is 7.29. The maximum absolute atomic E-state index is 12.4. The number of nitrogens with one attached hydrogen (secondary N) is 1. The van der Waals surface area contributed by atoms with Crippen molar-refractivity contribution in [2.24, 2.45) is 0 Å². The van der Waals surface area contributed by atoms with Crippen LogP contribution in [0.3, 0.4) is 0 Å². The first-order chi connectivity index (χ1) is 10.9. The van der Waals surface area contributed by atoms with E-state index >= 15 is 0 Å². The molecule has 2 rings (SSSR count). The van der Waals surface area contributed by atoms with E-state index in [0.717, 1.165) is 11.1 Å². The minimum Gasteiger partial charge on any atom is -0.495 e. The Morgan fingerprint density at radius 3 is 2.48 bits per heavy atom. The zero-order valence-electron chi connectivity index (χ0n) is 13.6. The van der Waals surface area contributed by atoms with Gasteiger partial charge in [-0.15, -0.1) is 0 Å². The molecule has 1 atom stereocenters. The van der Waals surface area contributed by atoms with E-state index in [-0.39, 0.29) is 5.91 Å². The van der Waals surface area contributed by atoms with E-state index in [0.29, 0.717) is 22.2 Å². The van der Waals surface area contributed by atoms with E-state index in [1.165, 1.54) is 0 Å². The third kappa shape index (κ3) is 4.39. The molecule has 0 radical (unpaired) electrons. The summed E-state index contributed by atoms with van der Waals surface area (Å²) in [6.07, 6.45) is -0.653. The van der Waals surface area contributed by atoms with E-state index < -0.39 is 6.10 Å². The number of halogens is 1. The van der Waals surface area contributed by atoms with Crippen LogP contribution in [0, 0.1) is 13.8 Å². The second kappa shape index (κ2) is 7.38. The SMILES string of the molecule is COc1ccc(C)cc1NC(=O)[C@H](C)Oc1ccc(Cl)cc1C. The average Bonchev–Trinajstić information content (AvgIpc) is 2.50. The molecule has 0 aliphatic heterocycles. The summed E-state index contributed by atoms with van der Waals surface area (Å²) >= 11 is 5.92. The summed E-state index contributed by atoms with van der Waals surface area (Å²) in [5, 5.41) is 3.47. The largest absolute Gasteiger partial charge is 0.495 e. The number of methoxy groups -OCH3 is 1. The number of hydrogen-bond donors (Lipinski definition) is 1. The lowest BCUT2D eigenvalue weighted by Crippen LogP contribution is -2.30. The van der Waals surface area contributed by atoms with Gasteiger partial charge in [-0.25, -0.2) is 0 Å². The van der Waals surface area contributed by atoms with Gasteiger partial charge in [-0.2, -0.15) is 0 Å². The second-order valence-corrected chi connectivity index (χ2v) is 5.80. The summed E-state index contributed by atoms with van der Waals surface area (Å²) < 4.78 is 11.0. The molecule has 122 valence electrons. The van der Waals surface area contributed by atoms with E-state index in [4.69, 9.17) is 21.1 Å². The van der Waals surface area contributed by atoms with Gasteiger partial charge in [0.05, 0.1) is 12.8 Å². The van der Waals surface area contributed by atoms with Crippen LogP contribution in [-0.4, -0.2) is 19.1 Å². The molecule has 0 bridgehead atoms. The number of carbonyl (C=O) groups is 1. The van der Waals surface area contributed by atoms with Gasteiger partial charge in [0.25, 0.3) is 5.91 Å². The zero-order chi connectivity index (χ0) is 17.0. The first kappa shape index (κ1) is 17.2. The fraction of sp³-hybridized carbons (Fsp3) is 0.278. The average molecular weight is 334 g/mol. The van der Waals surface area contributed by atoms with Crippen LogP contribution in [0.2, 0.25) is 5.02 Å². The van der Waals surface area contributed by atoms with E-state index in [1.807, 2.05) is 32.0 Å². The van der Waals surface area contributed by atoms with Crippen molar-refractivity contribution in [3.8, 4) is 11.5 Å². The second-order valence-electron chi connectivity index (χ2n) is 5.36. The Labute approximate surface area is 141 Å². The maximum Gasteiger partial charge on any atom is 0.265 e. The monoisotopic (exact) mass is 333 g/mol. The fourth-order valence-electron chi connectivity index (χ4n) is 2.14. The number of benzene rings is 2. The molecule has 0 aromatic heterocycles. The summed E-state index contributed by atoms with van der Waals surface area (Å²) in [7, 11) is 1.57. The highest BCUT2D eigenvalue weighted by Crippen LogP contribution is 2.26. The molecule has 1 amide bonds. The number of hydrogen-bond acceptors (Lipinski definition) is 3. The summed E-state index contributed by atoms with van der Waals surface area (Å²) in [5.74, 6) is 0.996. The summed E-state index contributed by atoms with van der Waals surface area (Å²) in [4.78, 5) is 12.4. The Morgan fingerprint density at radius 2 is 1.83 bits per heavy atom. The van der Waals surface area contributed by atoms with Gasteiger partial charge in [0.15, 0.2) is 6.10 Å². The van der Waals surface area contributed by atoms with Gasteiger partial charge in [0.1, 0.15) is 11.5 Å². The Morgan fingerprint density at radius 1 is 1.13 bits per heavy atom. The third-order valence-electron chi connectivity index (χ3n) is 3.42. The van der Waals surface area contributed by atoms with E-state index in [2.05, 4.69) is 5.32 Å². The van der Waals surface area contributed by atoms with Crippen LogP contribution >= 0.6 is 11.6 Å². The molecule has 0 unspecified atom stereocenters. The van der Waals surface area contributed by atoms with E-state index in [9.17, 15) is 4.79 Å². The molecular formula is C18H20ClNO3. The Bertz CT molecular complexity index is 715. The topological polar surface area (TPSA) is 47.6 Å². The van der Waals surface area contributed by atoms with Crippen LogP contribution in [0.4, 0.5) is 5.69 Å². The van der Waals surface area contributed by atoms with Crippen LogP contribution in [-0.2, 0) is 4.79 Å². The van der Waals surface area contributed by atoms with Crippen LogP contribution in [0.15, 0.2) is 36.4 Å². The summed E-state index contributed by atoms with van der Waals surface area (Å²) in [5.41, 5.74) is 2.54. The molecule has 5 heteroatoms. The quantitative estimate of drug-likeness (QED) is 0.883. The van der Waals surface area contributed by atoms with Crippen LogP contribution in [0.1, 0.15) is 18.1 Å². The van der Waals surface area contributed by atoms with Crippen molar-refractivity contribution in [1.29, 1.82) is 0 Å². The van der Waals surface area contributed by atoms with Crippen molar-refractivity contribution in [1.82, 2.24) is 0 Å². The van der Waals surface area contributed by atoms with Gasteiger partial charge in [-0.1, -0.05) is 17.7 Å². The number of carbonyl (C=O) groups excluding carboxylic acids is 1. The Hall–Kier alpha value is -2.20. The highest BCUT2D eigenvalue weighted by molar-refractivity contribution is 6.30. The molecule has 0 aliphatic rings. The third-order valence-corrected chi connectivity index (χ3v) is 3.66. The maximum atomic E-state index is 12.4. The number of aryl methyl sites for hydroxylation is 2. The van der Waals surface area contributed by atoms with Gasteiger partial charge >= 0.3 is 0 Å². The highest BCUT2D eigenvalue weighted by atomic mass is 35.5.